The van der Waals surface area contributed by atoms with E-state index in [9.17, 15) is 22.0 Å². The monoisotopic (exact) mass is 386 g/mol. The standard InChI is InChI=1S/C16H16F2N2O5S/c1-3-24-15-13(5-4-8-19-15)26(22,23)20-14(21)11-7-6-10(2)12(9-11)25-16(17)18/h4-9,16H,3H2,1-2H3,(H,20,21). The number of nitrogens with zero attached hydrogens (tertiary/aromatic N) is 1. The van der Waals surface area contributed by atoms with Gasteiger partial charge in [0.25, 0.3) is 15.9 Å². The summed E-state index contributed by atoms with van der Waals surface area (Å²) in [5, 5.41) is 0. The zero-order chi connectivity index (χ0) is 19.3. The van der Waals surface area contributed by atoms with Gasteiger partial charge < -0.3 is 9.47 Å². The molecule has 0 fully saturated rings. The largest absolute Gasteiger partial charge is 0.477 e. The highest BCUT2D eigenvalue weighted by atomic mass is 32.2. The van der Waals surface area contributed by atoms with Crippen molar-refractivity contribution in [2.24, 2.45) is 0 Å². The van der Waals surface area contributed by atoms with Crippen LogP contribution in [0.3, 0.4) is 0 Å². The average Bonchev–Trinajstić information content (AvgIpc) is 2.56. The van der Waals surface area contributed by atoms with Crippen LogP contribution in [0.25, 0.3) is 0 Å². The van der Waals surface area contributed by atoms with Crippen LogP contribution in [0.4, 0.5) is 8.78 Å². The number of carbonyl (C=O) groups is 1. The van der Waals surface area contributed by atoms with Gasteiger partial charge in [0.15, 0.2) is 0 Å². The van der Waals surface area contributed by atoms with Gasteiger partial charge in [-0.05, 0) is 43.7 Å². The molecule has 0 saturated heterocycles. The zero-order valence-corrected chi connectivity index (χ0v) is 14.7. The lowest BCUT2D eigenvalue weighted by molar-refractivity contribution is -0.0503. The summed E-state index contributed by atoms with van der Waals surface area (Å²) in [4.78, 5) is 15.8. The van der Waals surface area contributed by atoms with Gasteiger partial charge in [-0.3, -0.25) is 4.79 Å². The normalized spacial score (nSPS) is 11.3. The maximum absolute atomic E-state index is 12.4. The third kappa shape index (κ3) is 4.66. The smallest absolute Gasteiger partial charge is 0.387 e. The zero-order valence-electron chi connectivity index (χ0n) is 13.9. The summed E-state index contributed by atoms with van der Waals surface area (Å²) in [5.74, 6) is -1.38. The van der Waals surface area contributed by atoms with Gasteiger partial charge in [0.2, 0.25) is 5.88 Å². The molecule has 2 rings (SSSR count). The summed E-state index contributed by atoms with van der Waals surface area (Å²) >= 11 is 0. The quantitative estimate of drug-likeness (QED) is 0.786. The molecule has 0 bridgehead atoms. The maximum Gasteiger partial charge on any atom is 0.387 e. The molecular formula is C16H16F2N2O5S. The molecule has 0 unspecified atom stereocenters. The molecule has 0 aliphatic rings. The number of pyridine rings is 1. The van der Waals surface area contributed by atoms with E-state index >= 15 is 0 Å². The van der Waals surface area contributed by atoms with E-state index in [1.807, 2.05) is 4.72 Å². The van der Waals surface area contributed by atoms with Crippen molar-refractivity contribution in [3.63, 3.8) is 0 Å². The van der Waals surface area contributed by atoms with Gasteiger partial charge in [-0.15, -0.1) is 0 Å². The van der Waals surface area contributed by atoms with E-state index in [1.165, 1.54) is 37.4 Å². The maximum atomic E-state index is 12.4. The van der Waals surface area contributed by atoms with Crippen LogP contribution in [0.2, 0.25) is 0 Å². The topological polar surface area (TPSA) is 94.6 Å². The third-order valence-electron chi connectivity index (χ3n) is 3.20. The number of nitrogens with one attached hydrogen (secondary N) is 1. The van der Waals surface area contributed by atoms with E-state index in [0.29, 0.717) is 5.56 Å². The lowest BCUT2D eigenvalue weighted by Gasteiger charge is -2.12. The molecule has 1 aromatic carbocycles. The number of sulfonamides is 1. The molecule has 1 heterocycles. The predicted molar refractivity (Wildman–Crippen MR) is 87.9 cm³/mol. The van der Waals surface area contributed by atoms with Crippen LogP contribution >= 0.6 is 0 Å². The molecule has 0 radical (unpaired) electrons. The molecule has 0 aliphatic carbocycles. The Bertz CT molecular complexity index is 903. The van der Waals surface area contributed by atoms with Gasteiger partial charge in [-0.1, -0.05) is 6.07 Å². The Labute approximate surface area is 149 Å². The van der Waals surface area contributed by atoms with Crippen molar-refractivity contribution in [3.8, 4) is 11.6 Å². The molecule has 0 atom stereocenters. The van der Waals surface area contributed by atoms with Crippen LogP contribution in [0.5, 0.6) is 11.6 Å². The number of halogens is 2. The number of hydrogen-bond donors (Lipinski definition) is 1. The van der Waals surface area contributed by atoms with E-state index in [-0.39, 0.29) is 28.7 Å². The van der Waals surface area contributed by atoms with Gasteiger partial charge in [0, 0.05) is 11.8 Å². The Morgan fingerprint density at radius 3 is 2.69 bits per heavy atom. The van der Waals surface area contributed by atoms with Gasteiger partial charge >= 0.3 is 6.61 Å². The van der Waals surface area contributed by atoms with Crippen LogP contribution < -0.4 is 14.2 Å². The van der Waals surface area contributed by atoms with Crippen LogP contribution in [-0.4, -0.2) is 32.5 Å². The van der Waals surface area contributed by atoms with Crippen molar-refractivity contribution in [2.45, 2.75) is 25.4 Å². The number of alkyl halides is 2. The fraction of sp³-hybridized carbons (Fsp3) is 0.250. The molecule has 7 nitrogen and oxygen atoms in total. The lowest BCUT2D eigenvalue weighted by Crippen LogP contribution is -2.31. The van der Waals surface area contributed by atoms with E-state index in [2.05, 4.69) is 9.72 Å². The summed E-state index contributed by atoms with van der Waals surface area (Å²) in [5.41, 5.74) is 0.215. The molecule has 0 spiro atoms. The van der Waals surface area contributed by atoms with E-state index in [0.717, 1.165) is 6.07 Å². The molecular weight excluding hydrogens is 370 g/mol. The molecule has 10 heteroatoms. The molecule has 1 N–H and O–H groups in total. The second-order valence-electron chi connectivity index (χ2n) is 5.03. The Balaban J connectivity index is 2.29. The number of aromatic nitrogens is 1. The minimum atomic E-state index is -4.28. The molecule has 0 saturated carbocycles. The van der Waals surface area contributed by atoms with Crippen LogP contribution in [0.1, 0.15) is 22.8 Å². The molecule has 140 valence electrons. The van der Waals surface area contributed by atoms with Crippen molar-refractivity contribution >= 4 is 15.9 Å². The average molecular weight is 386 g/mol. The van der Waals surface area contributed by atoms with Gasteiger partial charge in [-0.25, -0.2) is 18.1 Å². The highest BCUT2D eigenvalue weighted by molar-refractivity contribution is 7.90. The van der Waals surface area contributed by atoms with Crippen molar-refractivity contribution in [1.29, 1.82) is 0 Å². The fourth-order valence-corrected chi connectivity index (χ4v) is 3.10. The Hall–Kier alpha value is -2.75. The number of benzene rings is 1. The van der Waals surface area contributed by atoms with Gasteiger partial charge in [0.1, 0.15) is 10.6 Å². The Kier molecular flexibility index (Phi) is 6.09. The molecule has 1 aromatic heterocycles. The minimum Gasteiger partial charge on any atom is -0.477 e. The first-order valence-electron chi connectivity index (χ1n) is 7.45. The predicted octanol–water partition coefficient (Wildman–Crippen LogP) is 2.51. The summed E-state index contributed by atoms with van der Waals surface area (Å²) in [7, 11) is -4.28. The molecule has 26 heavy (non-hydrogen) atoms. The van der Waals surface area contributed by atoms with Gasteiger partial charge in [0.05, 0.1) is 6.61 Å². The van der Waals surface area contributed by atoms with E-state index < -0.39 is 22.5 Å². The molecule has 1 amide bonds. The number of ether oxygens (including phenoxy) is 2. The first-order chi connectivity index (χ1) is 12.2. The van der Waals surface area contributed by atoms with E-state index in [1.54, 1.807) is 6.92 Å². The van der Waals surface area contributed by atoms with E-state index in [4.69, 9.17) is 4.74 Å². The molecule has 2 aromatic rings. The highest BCUT2D eigenvalue weighted by Crippen LogP contribution is 2.23. The second-order valence-corrected chi connectivity index (χ2v) is 6.68. The van der Waals surface area contributed by atoms with Gasteiger partial charge in [-0.2, -0.15) is 8.78 Å². The highest BCUT2D eigenvalue weighted by Gasteiger charge is 2.24. The summed E-state index contributed by atoms with van der Waals surface area (Å²) in [6.45, 7) is 0.278. The van der Waals surface area contributed by atoms with Crippen molar-refractivity contribution in [2.75, 3.05) is 6.61 Å². The number of hydrogen-bond acceptors (Lipinski definition) is 6. The first kappa shape index (κ1) is 19.6. The fourth-order valence-electron chi connectivity index (χ4n) is 2.03. The number of aryl methyl sites for hydroxylation is 1. The second kappa shape index (κ2) is 8.09. The Morgan fingerprint density at radius 1 is 1.31 bits per heavy atom. The lowest BCUT2D eigenvalue weighted by atomic mass is 10.1. The first-order valence-corrected chi connectivity index (χ1v) is 8.93. The number of amides is 1. The summed E-state index contributed by atoms with van der Waals surface area (Å²) in [6, 6.07) is 6.31. The Morgan fingerprint density at radius 2 is 2.04 bits per heavy atom. The number of rotatable bonds is 7. The molecule has 0 aliphatic heterocycles. The van der Waals surface area contributed by atoms with Crippen LogP contribution in [0, 0.1) is 6.92 Å². The number of carbonyl (C=O) groups excluding carboxylic acids is 1. The third-order valence-corrected chi connectivity index (χ3v) is 4.54. The SMILES string of the molecule is CCOc1ncccc1S(=O)(=O)NC(=O)c1ccc(C)c(OC(F)F)c1. The van der Waals surface area contributed by atoms with Crippen molar-refractivity contribution < 1.29 is 31.5 Å². The minimum absolute atomic E-state index is 0.152. The van der Waals surface area contributed by atoms with Crippen molar-refractivity contribution in [1.82, 2.24) is 9.71 Å². The van der Waals surface area contributed by atoms with Crippen LogP contribution in [-0.2, 0) is 10.0 Å². The summed E-state index contributed by atoms with van der Waals surface area (Å²) < 4.78 is 61.0. The summed E-state index contributed by atoms with van der Waals surface area (Å²) in [6.07, 6.45) is 1.35. The van der Waals surface area contributed by atoms with Crippen LogP contribution in [0.15, 0.2) is 41.4 Å². The van der Waals surface area contributed by atoms with Crippen molar-refractivity contribution in [3.05, 3.63) is 47.7 Å².